The van der Waals surface area contributed by atoms with E-state index in [4.69, 9.17) is 11.6 Å². The van der Waals surface area contributed by atoms with Crippen molar-refractivity contribution in [2.75, 3.05) is 10.0 Å². The molecule has 5 nitrogen and oxygen atoms in total. The van der Waals surface area contributed by atoms with Gasteiger partial charge in [0.2, 0.25) is 0 Å². The highest BCUT2D eigenvalue weighted by Gasteiger charge is 2.17. The van der Waals surface area contributed by atoms with Crippen molar-refractivity contribution in [3.63, 3.8) is 0 Å². The molecule has 0 aliphatic heterocycles. The largest absolute Gasteiger partial charge is 0.322 e. The van der Waals surface area contributed by atoms with Gasteiger partial charge in [0.1, 0.15) is 0 Å². The van der Waals surface area contributed by atoms with E-state index in [0.29, 0.717) is 5.69 Å². The summed E-state index contributed by atoms with van der Waals surface area (Å²) in [6.07, 6.45) is 0. The van der Waals surface area contributed by atoms with Gasteiger partial charge in [-0.3, -0.25) is 9.52 Å². The normalized spacial score (nSPS) is 11.1. The minimum absolute atomic E-state index is 0.133. The average molecular weight is 480 g/mol. The van der Waals surface area contributed by atoms with Crippen LogP contribution in [0.15, 0.2) is 76.1 Å². The zero-order chi connectivity index (χ0) is 20.3. The summed E-state index contributed by atoms with van der Waals surface area (Å²) in [4.78, 5) is 12.7. The van der Waals surface area contributed by atoms with Crippen molar-refractivity contribution in [3.8, 4) is 0 Å². The van der Waals surface area contributed by atoms with Crippen LogP contribution in [-0.2, 0) is 10.0 Å². The first-order valence-corrected chi connectivity index (χ1v) is 10.9. The van der Waals surface area contributed by atoms with Gasteiger partial charge >= 0.3 is 0 Å². The first kappa shape index (κ1) is 20.4. The van der Waals surface area contributed by atoms with E-state index >= 15 is 0 Å². The molecule has 0 unspecified atom stereocenters. The van der Waals surface area contributed by atoms with Gasteiger partial charge < -0.3 is 5.32 Å². The number of halogens is 2. The topological polar surface area (TPSA) is 75.3 Å². The quantitative estimate of drug-likeness (QED) is 0.510. The van der Waals surface area contributed by atoms with E-state index < -0.39 is 15.9 Å². The molecular weight excluding hydrogens is 464 g/mol. The highest BCUT2D eigenvalue weighted by atomic mass is 79.9. The first-order chi connectivity index (χ1) is 13.2. The van der Waals surface area contributed by atoms with Crippen LogP contribution in [0.5, 0.6) is 0 Å². The van der Waals surface area contributed by atoms with Crippen LogP contribution >= 0.6 is 27.5 Å². The summed E-state index contributed by atoms with van der Waals surface area (Å²) in [5.74, 6) is -0.445. The third-order valence-electron chi connectivity index (χ3n) is 3.88. The van der Waals surface area contributed by atoms with Crippen molar-refractivity contribution < 1.29 is 13.2 Å². The second-order valence-corrected chi connectivity index (χ2v) is 9.08. The molecule has 0 aliphatic carbocycles. The number of rotatable bonds is 5. The minimum Gasteiger partial charge on any atom is -0.322 e. The van der Waals surface area contributed by atoms with Crippen LogP contribution in [0.4, 0.5) is 11.4 Å². The molecule has 28 heavy (non-hydrogen) atoms. The van der Waals surface area contributed by atoms with Gasteiger partial charge in [-0.05, 0) is 55.5 Å². The predicted molar refractivity (Wildman–Crippen MR) is 116 cm³/mol. The summed E-state index contributed by atoms with van der Waals surface area (Å²) >= 11 is 9.49. The van der Waals surface area contributed by atoms with Crippen molar-refractivity contribution in [1.29, 1.82) is 0 Å². The smallest absolute Gasteiger partial charge is 0.261 e. The molecule has 3 aromatic rings. The Hall–Kier alpha value is -2.35. The highest BCUT2D eigenvalue weighted by molar-refractivity contribution is 9.10. The second kappa shape index (κ2) is 8.34. The van der Waals surface area contributed by atoms with Crippen LogP contribution in [0, 0.1) is 6.92 Å². The molecule has 0 aliphatic rings. The summed E-state index contributed by atoms with van der Waals surface area (Å²) in [6.45, 7) is 1.87. The van der Waals surface area contributed by atoms with Crippen LogP contribution < -0.4 is 10.0 Å². The Morgan fingerprint density at radius 3 is 2.36 bits per heavy atom. The number of amides is 1. The van der Waals surface area contributed by atoms with Crippen molar-refractivity contribution in [3.05, 3.63) is 87.4 Å². The highest BCUT2D eigenvalue weighted by Crippen LogP contribution is 2.25. The number of carbonyl (C=O) groups is 1. The maximum atomic E-state index is 12.6. The third-order valence-corrected chi connectivity index (χ3v) is 6.10. The van der Waals surface area contributed by atoms with Crippen LogP contribution in [0.25, 0.3) is 0 Å². The lowest BCUT2D eigenvalue weighted by Gasteiger charge is -2.12. The molecule has 1 amide bonds. The third kappa shape index (κ3) is 4.92. The Balaban J connectivity index is 1.84. The maximum Gasteiger partial charge on any atom is 0.261 e. The fraction of sp³-hybridized carbons (Fsp3) is 0.0500. The van der Waals surface area contributed by atoms with E-state index in [1.165, 1.54) is 30.3 Å². The monoisotopic (exact) mass is 478 g/mol. The number of hydrogen-bond acceptors (Lipinski definition) is 3. The Labute approximate surface area is 176 Å². The average Bonchev–Trinajstić information content (AvgIpc) is 2.63. The van der Waals surface area contributed by atoms with Gasteiger partial charge in [0.15, 0.2) is 0 Å². The fourth-order valence-corrected chi connectivity index (χ4v) is 4.11. The first-order valence-electron chi connectivity index (χ1n) is 8.20. The van der Waals surface area contributed by atoms with Crippen molar-refractivity contribution in [2.45, 2.75) is 11.8 Å². The zero-order valence-corrected chi connectivity index (χ0v) is 17.9. The summed E-state index contributed by atoms with van der Waals surface area (Å²) in [7, 11) is -3.78. The Morgan fingerprint density at radius 1 is 0.964 bits per heavy atom. The summed E-state index contributed by atoms with van der Waals surface area (Å²) in [5, 5.41) is 2.95. The van der Waals surface area contributed by atoms with E-state index in [9.17, 15) is 13.2 Å². The maximum absolute atomic E-state index is 12.6. The van der Waals surface area contributed by atoms with E-state index in [1.54, 1.807) is 30.3 Å². The number of benzene rings is 3. The van der Waals surface area contributed by atoms with Gasteiger partial charge in [0.25, 0.3) is 15.9 Å². The van der Waals surface area contributed by atoms with Gasteiger partial charge in [-0.25, -0.2) is 8.42 Å². The molecule has 0 aromatic heterocycles. The zero-order valence-electron chi connectivity index (χ0n) is 14.7. The molecule has 3 aromatic carbocycles. The van der Waals surface area contributed by atoms with Crippen LogP contribution in [0.1, 0.15) is 15.9 Å². The molecular formula is C20H16BrClN2O3S. The molecule has 0 heterocycles. The molecule has 0 bridgehead atoms. The van der Waals surface area contributed by atoms with E-state index in [1.807, 2.05) is 13.0 Å². The predicted octanol–water partition coefficient (Wildman–Crippen LogP) is 5.46. The molecule has 0 atom stereocenters. The molecule has 2 N–H and O–H groups in total. The van der Waals surface area contributed by atoms with E-state index in [0.717, 1.165) is 10.0 Å². The SMILES string of the molecule is Cc1ccc(S(=O)(=O)Nc2ccc(Cl)c(C(=O)Nc3cccc(Br)c3)c2)cc1. The number of nitrogens with one attached hydrogen (secondary N) is 2. The number of anilines is 2. The summed E-state index contributed by atoms with van der Waals surface area (Å²) < 4.78 is 28.4. The molecule has 8 heteroatoms. The van der Waals surface area contributed by atoms with Crippen LogP contribution in [-0.4, -0.2) is 14.3 Å². The van der Waals surface area contributed by atoms with E-state index in [2.05, 4.69) is 26.0 Å². The van der Waals surface area contributed by atoms with Crippen LogP contribution in [0.2, 0.25) is 5.02 Å². The van der Waals surface area contributed by atoms with Crippen molar-refractivity contribution >= 4 is 54.8 Å². The summed E-state index contributed by atoms with van der Waals surface area (Å²) in [5.41, 5.74) is 1.94. The number of carbonyl (C=O) groups excluding carboxylic acids is 1. The minimum atomic E-state index is -3.78. The molecule has 0 radical (unpaired) electrons. The number of sulfonamides is 1. The molecule has 0 fully saturated rings. The Kier molecular flexibility index (Phi) is 6.07. The molecule has 144 valence electrons. The molecule has 0 saturated carbocycles. The van der Waals surface area contributed by atoms with E-state index in [-0.39, 0.29) is 21.2 Å². The van der Waals surface area contributed by atoms with Crippen LogP contribution in [0.3, 0.4) is 0 Å². The lowest BCUT2D eigenvalue weighted by atomic mass is 10.2. The van der Waals surface area contributed by atoms with Gasteiger partial charge in [0, 0.05) is 15.8 Å². The Bertz CT molecular complexity index is 1130. The lowest BCUT2D eigenvalue weighted by molar-refractivity contribution is 0.102. The molecule has 0 saturated heterocycles. The molecule has 3 rings (SSSR count). The lowest BCUT2D eigenvalue weighted by Crippen LogP contribution is -2.15. The fourth-order valence-electron chi connectivity index (χ4n) is 2.46. The number of hydrogen-bond donors (Lipinski definition) is 2. The summed E-state index contributed by atoms with van der Waals surface area (Å²) in [6, 6.07) is 18.0. The Morgan fingerprint density at radius 2 is 1.68 bits per heavy atom. The standard InChI is InChI=1S/C20H16BrClN2O3S/c1-13-5-8-17(9-6-13)28(26,27)24-16-7-10-19(22)18(12-16)20(25)23-15-4-2-3-14(21)11-15/h2-12,24H,1H3,(H,23,25). The van der Waals surface area contributed by atoms with Gasteiger partial charge in [0.05, 0.1) is 15.5 Å². The van der Waals surface area contributed by atoms with Crippen molar-refractivity contribution in [2.24, 2.45) is 0 Å². The van der Waals surface area contributed by atoms with Gasteiger partial charge in [-0.2, -0.15) is 0 Å². The van der Waals surface area contributed by atoms with Crippen molar-refractivity contribution in [1.82, 2.24) is 0 Å². The van der Waals surface area contributed by atoms with Gasteiger partial charge in [-0.15, -0.1) is 0 Å². The number of aryl methyl sites for hydroxylation is 1. The molecule has 0 spiro atoms. The van der Waals surface area contributed by atoms with Gasteiger partial charge in [-0.1, -0.05) is 51.3 Å². The second-order valence-electron chi connectivity index (χ2n) is 6.08.